The summed E-state index contributed by atoms with van der Waals surface area (Å²) in [4.78, 5) is 10.8. The van der Waals surface area contributed by atoms with E-state index in [4.69, 9.17) is 10.4 Å². The maximum atomic E-state index is 10.8. The first kappa shape index (κ1) is 11.1. The third kappa shape index (κ3) is 2.71. The smallest absolute Gasteiger partial charge is 0.328 e. The van der Waals surface area contributed by atoms with Crippen LogP contribution in [0.25, 0.3) is 0 Å². The predicted octanol–water partition coefficient (Wildman–Crippen LogP) is 1.83. The van der Waals surface area contributed by atoms with Gasteiger partial charge in [0.1, 0.15) is 5.54 Å². The molecule has 4 heteroatoms. The Morgan fingerprint density at radius 3 is 2.33 bits per heavy atom. The Morgan fingerprint density at radius 1 is 1.40 bits per heavy atom. The number of rotatable bonds is 3. The molecule has 0 atom stereocenters. The van der Waals surface area contributed by atoms with Crippen molar-refractivity contribution in [3.63, 3.8) is 0 Å². The fraction of sp³-hybridized carbons (Fsp3) is 0.273. The van der Waals surface area contributed by atoms with Crippen molar-refractivity contribution in [2.75, 3.05) is 5.32 Å². The van der Waals surface area contributed by atoms with Gasteiger partial charge >= 0.3 is 5.97 Å². The normalized spacial score (nSPS) is 10.5. The van der Waals surface area contributed by atoms with Gasteiger partial charge in [-0.1, -0.05) is 0 Å². The van der Waals surface area contributed by atoms with Crippen LogP contribution < -0.4 is 5.32 Å². The summed E-state index contributed by atoms with van der Waals surface area (Å²) in [7, 11) is 0. The zero-order valence-corrected chi connectivity index (χ0v) is 8.61. The van der Waals surface area contributed by atoms with Crippen molar-refractivity contribution in [3.8, 4) is 6.07 Å². The maximum Gasteiger partial charge on any atom is 0.328 e. The van der Waals surface area contributed by atoms with Gasteiger partial charge in [0.2, 0.25) is 0 Å². The molecular formula is C11H12N2O2. The predicted molar refractivity (Wildman–Crippen MR) is 56.5 cm³/mol. The number of nitriles is 1. The molecule has 0 aliphatic rings. The molecular weight excluding hydrogens is 192 g/mol. The average molecular weight is 204 g/mol. The van der Waals surface area contributed by atoms with Gasteiger partial charge in [0.05, 0.1) is 11.6 Å². The summed E-state index contributed by atoms with van der Waals surface area (Å²) in [5, 5.41) is 20.3. The fourth-order valence-electron chi connectivity index (χ4n) is 1.04. The second kappa shape index (κ2) is 4.01. The Labute approximate surface area is 88.2 Å². The number of hydrogen-bond acceptors (Lipinski definition) is 3. The van der Waals surface area contributed by atoms with Crippen LogP contribution in [0.3, 0.4) is 0 Å². The Balaban J connectivity index is 2.83. The third-order valence-corrected chi connectivity index (χ3v) is 2.01. The van der Waals surface area contributed by atoms with E-state index < -0.39 is 11.5 Å². The van der Waals surface area contributed by atoms with E-state index in [1.165, 1.54) is 0 Å². The minimum Gasteiger partial charge on any atom is -0.480 e. The van der Waals surface area contributed by atoms with Crippen molar-refractivity contribution >= 4 is 11.7 Å². The summed E-state index contributed by atoms with van der Waals surface area (Å²) < 4.78 is 0. The number of carboxylic acid groups (broad SMARTS) is 1. The Morgan fingerprint density at radius 2 is 1.93 bits per heavy atom. The van der Waals surface area contributed by atoms with Crippen LogP contribution in [0.15, 0.2) is 24.3 Å². The van der Waals surface area contributed by atoms with Crippen LogP contribution in [0.4, 0.5) is 5.69 Å². The first-order chi connectivity index (χ1) is 6.95. The number of carbonyl (C=O) groups is 1. The molecule has 1 rings (SSSR count). The van der Waals surface area contributed by atoms with Gasteiger partial charge < -0.3 is 10.4 Å². The van der Waals surface area contributed by atoms with Crippen molar-refractivity contribution in [2.24, 2.45) is 0 Å². The van der Waals surface area contributed by atoms with Crippen LogP contribution in [-0.2, 0) is 4.79 Å². The highest BCUT2D eigenvalue weighted by atomic mass is 16.4. The van der Waals surface area contributed by atoms with E-state index in [1.807, 2.05) is 6.07 Å². The summed E-state index contributed by atoms with van der Waals surface area (Å²) >= 11 is 0. The molecule has 0 fully saturated rings. The van der Waals surface area contributed by atoms with Gasteiger partial charge in [-0.15, -0.1) is 0 Å². The van der Waals surface area contributed by atoms with Crippen molar-refractivity contribution in [2.45, 2.75) is 19.4 Å². The highest BCUT2D eigenvalue weighted by molar-refractivity contribution is 5.81. The van der Waals surface area contributed by atoms with Crippen LogP contribution >= 0.6 is 0 Å². The fourth-order valence-corrected chi connectivity index (χ4v) is 1.04. The van der Waals surface area contributed by atoms with Gasteiger partial charge in [0.15, 0.2) is 0 Å². The van der Waals surface area contributed by atoms with Gasteiger partial charge in [0, 0.05) is 5.69 Å². The molecule has 2 N–H and O–H groups in total. The van der Waals surface area contributed by atoms with Crippen LogP contribution in [0.5, 0.6) is 0 Å². The first-order valence-electron chi connectivity index (χ1n) is 4.47. The SMILES string of the molecule is CC(C)(Nc1ccc(C#N)cc1)C(=O)O. The number of hydrogen-bond donors (Lipinski definition) is 2. The molecule has 0 unspecified atom stereocenters. The minimum absolute atomic E-state index is 0.550. The molecule has 0 spiro atoms. The van der Waals surface area contributed by atoms with Crippen LogP contribution in [0.1, 0.15) is 19.4 Å². The minimum atomic E-state index is -1.02. The number of carboxylic acids is 1. The zero-order chi connectivity index (χ0) is 11.5. The largest absolute Gasteiger partial charge is 0.480 e. The first-order valence-corrected chi connectivity index (χ1v) is 4.47. The van der Waals surface area contributed by atoms with E-state index in [2.05, 4.69) is 5.32 Å². The molecule has 0 saturated carbocycles. The highest BCUT2D eigenvalue weighted by Gasteiger charge is 2.26. The van der Waals surface area contributed by atoms with Gasteiger partial charge in [0.25, 0.3) is 0 Å². The standard InChI is InChI=1S/C11H12N2O2/c1-11(2,10(14)15)13-9-5-3-8(7-12)4-6-9/h3-6,13H,1-2H3,(H,14,15). The number of benzene rings is 1. The summed E-state index contributed by atoms with van der Waals surface area (Å²) in [6.45, 7) is 3.15. The van der Waals surface area contributed by atoms with Gasteiger partial charge in [-0.2, -0.15) is 5.26 Å². The van der Waals surface area contributed by atoms with Gasteiger partial charge in [-0.05, 0) is 38.1 Å². The zero-order valence-electron chi connectivity index (χ0n) is 8.61. The van der Waals surface area contributed by atoms with Crippen molar-refractivity contribution < 1.29 is 9.90 Å². The van der Waals surface area contributed by atoms with E-state index in [-0.39, 0.29) is 0 Å². The topological polar surface area (TPSA) is 73.1 Å². The van der Waals surface area contributed by atoms with E-state index >= 15 is 0 Å². The average Bonchev–Trinajstić information content (AvgIpc) is 2.18. The molecule has 78 valence electrons. The van der Waals surface area contributed by atoms with Crippen LogP contribution in [0, 0.1) is 11.3 Å². The van der Waals surface area contributed by atoms with Crippen LogP contribution in [-0.4, -0.2) is 16.6 Å². The number of aliphatic carboxylic acids is 1. The molecule has 0 radical (unpaired) electrons. The second-order valence-electron chi connectivity index (χ2n) is 3.74. The lowest BCUT2D eigenvalue weighted by Gasteiger charge is -2.22. The van der Waals surface area contributed by atoms with E-state index in [9.17, 15) is 4.79 Å². The molecule has 0 aliphatic heterocycles. The Kier molecular flexibility index (Phi) is 2.96. The number of nitrogens with one attached hydrogen (secondary N) is 1. The van der Waals surface area contributed by atoms with Crippen molar-refractivity contribution in [1.29, 1.82) is 5.26 Å². The highest BCUT2D eigenvalue weighted by Crippen LogP contribution is 2.15. The molecule has 1 aromatic rings. The van der Waals surface area contributed by atoms with Gasteiger partial charge in [-0.3, -0.25) is 0 Å². The quantitative estimate of drug-likeness (QED) is 0.787. The summed E-state index contributed by atoms with van der Waals surface area (Å²) in [6.07, 6.45) is 0. The second-order valence-corrected chi connectivity index (χ2v) is 3.74. The Hall–Kier alpha value is -2.02. The molecule has 1 aromatic carbocycles. The van der Waals surface area contributed by atoms with Gasteiger partial charge in [-0.25, -0.2) is 4.79 Å². The number of anilines is 1. The molecule has 0 heterocycles. The molecule has 0 aromatic heterocycles. The molecule has 15 heavy (non-hydrogen) atoms. The molecule has 0 aliphatic carbocycles. The van der Waals surface area contributed by atoms with E-state index in [1.54, 1.807) is 38.1 Å². The lowest BCUT2D eigenvalue weighted by molar-refractivity contribution is -0.141. The number of nitrogens with zero attached hydrogens (tertiary/aromatic N) is 1. The molecule has 0 saturated heterocycles. The molecule has 0 amide bonds. The third-order valence-electron chi connectivity index (χ3n) is 2.01. The lowest BCUT2D eigenvalue weighted by atomic mass is 10.1. The lowest BCUT2D eigenvalue weighted by Crippen LogP contribution is -2.39. The molecule has 0 bridgehead atoms. The summed E-state index contributed by atoms with van der Waals surface area (Å²) in [5.41, 5.74) is 0.212. The summed E-state index contributed by atoms with van der Waals surface area (Å²) in [5.74, 6) is -0.924. The van der Waals surface area contributed by atoms with E-state index in [0.717, 1.165) is 0 Å². The maximum absolute atomic E-state index is 10.8. The molecule has 4 nitrogen and oxygen atoms in total. The van der Waals surface area contributed by atoms with E-state index in [0.29, 0.717) is 11.3 Å². The monoisotopic (exact) mass is 204 g/mol. The van der Waals surface area contributed by atoms with Crippen LogP contribution in [0.2, 0.25) is 0 Å². The van der Waals surface area contributed by atoms with Crippen molar-refractivity contribution in [1.82, 2.24) is 0 Å². The van der Waals surface area contributed by atoms with Crippen molar-refractivity contribution in [3.05, 3.63) is 29.8 Å². The summed E-state index contributed by atoms with van der Waals surface area (Å²) in [6, 6.07) is 8.64. The Bertz CT molecular complexity index is 402.